The van der Waals surface area contributed by atoms with Gasteiger partial charge in [0.15, 0.2) is 0 Å². The van der Waals surface area contributed by atoms with E-state index in [0.717, 1.165) is 0 Å². The number of hydrogen-bond acceptors (Lipinski definition) is 3. The molecule has 1 unspecified atom stereocenters. The van der Waals surface area contributed by atoms with E-state index < -0.39 is 0 Å². The highest BCUT2D eigenvalue weighted by Crippen LogP contribution is 1.66. The van der Waals surface area contributed by atoms with Gasteiger partial charge < -0.3 is 10.2 Å². The van der Waals surface area contributed by atoms with Crippen LogP contribution in [0.4, 0.5) is 0 Å². The Labute approximate surface area is 44.0 Å². The molecule has 0 radical (unpaired) electrons. The van der Waals surface area contributed by atoms with Crippen LogP contribution in [0.1, 0.15) is 6.92 Å². The molecule has 3 heteroatoms. The fourth-order valence-electron chi connectivity index (χ4n) is 0.236. The van der Waals surface area contributed by atoms with Gasteiger partial charge >= 0.3 is 0 Å². The molecule has 0 aliphatic carbocycles. The maximum atomic E-state index is 4.58. The highest BCUT2D eigenvalue weighted by molar-refractivity contribution is 4.41. The quantitative estimate of drug-likeness (QED) is 0.381. The van der Waals surface area contributed by atoms with Gasteiger partial charge in [0.2, 0.25) is 0 Å². The summed E-state index contributed by atoms with van der Waals surface area (Å²) in [5.41, 5.74) is 2.68. The lowest BCUT2D eigenvalue weighted by Crippen LogP contribution is -2.36. The second-order valence-electron chi connectivity index (χ2n) is 1.33. The highest BCUT2D eigenvalue weighted by Gasteiger charge is 1.89. The smallest absolute Gasteiger partial charge is 0.0781 e. The van der Waals surface area contributed by atoms with Crippen LogP contribution < -0.4 is 10.8 Å². The van der Waals surface area contributed by atoms with Crippen molar-refractivity contribution in [1.29, 1.82) is 0 Å². The molecule has 2 N–H and O–H groups in total. The molecular weight excluding hydrogens is 92.1 g/mol. The van der Waals surface area contributed by atoms with E-state index in [-0.39, 0.29) is 6.17 Å². The van der Waals surface area contributed by atoms with Gasteiger partial charge in [-0.05, 0) is 14.0 Å². The molecule has 0 aromatic rings. The topological polar surface area (TPSA) is 33.3 Å². The lowest BCUT2D eigenvalue weighted by molar-refractivity contribution is 0.0584. The Kier molecular flexibility index (Phi) is 3.98. The van der Waals surface area contributed by atoms with Crippen molar-refractivity contribution in [1.82, 2.24) is 10.8 Å². The minimum Gasteiger partial charge on any atom is -0.304 e. The van der Waals surface area contributed by atoms with Gasteiger partial charge in [-0.1, -0.05) is 0 Å². The summed E-state index contributed by atoms with van der Waals surface area (Å²) >= 11 is 0. The average molecular weight is 104 g/mol. The Morgan fingerprint density at radius 2 is 2.14 bits per heavy atom. The van der Waals surface area contributed by atoms with E-state index in [1.807, 2.05) is 14.0 Å². The Balaban J connectivity index is 2.83. The highest BCUT2D eigenvalue weighted by atomic mass is 16.6. The molecule has 0 bridgehead atoms. The van der Waals surface area contributed by atoms with E-state index in [4.69, 9.17) is 0 Å². The molecule has 0 saturated heterocycles. The summed E-state index contributed by atoms with van der Waals surface area (Å²) in [5, 5.41) is 2.93. The Morgan fingerprint density at radius 1 is 1.57 bits per heavy atom. The monoisotopic (exact) mass is 104 g/mol. The molecule has 0 rings (SSSR count). The molecular formula is C4H12N2O. The molecule has 0 aliphatic rings. The largest absolute Gasteiger partial charge is 0.304 e. The van der Waals surface area contributed by atoms with Gasteiger partial charge in [0.1, 0.15) is 0 Å². The molecule has 0 fully saturated rings. The number of hydrogen-bond donors (Lipinski definition) is 2. The Bertz CT molecular complexity index is 40.7. The van der Waals surface area contributed by atoms with Crippen molar-refractivity contribution < 1.29 is 4.84 Å². The van der Waals surface area contributed by atoms with Gasteiger partial charge in [0, 0.05) is 0 Å². The van der Waals surface area contributed by atoms with Crippen molar-refractivity contribution in [3.63, 3.8) is 0 Å². The van der Waals surface area contributed by atoms with E-state index in [1.54, 1.807) is 7.11 Å². The van der Waals surface area contributed by atoms with Crippen LogP contribution in [-0.2, 0) is 4.84 Å². The summed E-state index contributed by atoms with van der Waals surface area (Å²) in [6, 6.07) is 0. The molecule has 7 heavy (non-hydrogen) atoms. The average Bonchev–Trinajstić information content (AvgIpc) is 1.68. The molecule has 0 heterocycles. The first-order chi connectivity index (χ1) is 3.31. The standard InChI is InChI=1S/C4H12N2O/c1-4(5-2)6-7-3/h4-6H,1-3H3. The van der Waals surface area contributed by atoms with Crippen LogP contribution in [0, 0.1) is 0 Å². The molecule has 0 spiro atoms. The van der Waals surface area contributed by atoms with Gasteiger partial charge in [-0.15, -0.1) is 0 Å². The van der Waals surface area contributed by atoms with Crippen LogP contribution in [0.3, 0.4) is 0 Å². The van der Waals surface area contributed by atoms with Gasteiger partial charge in [0.25, 0.3) is 0 Å². The third-order valence-electron chi connectivity index (χ3n) is 0.728. The van der Waals surface area contributed by atoms with Gasteiger partial charge in [-0.25, -0.2) is 0 Å². The van der Waals surface area contributed by atoms with Crippen LogP contribution in [0.25, 0.3) is 0 Å². The van der Waals surface area contributed by atoms with Crippen molar-refractivity contribution >= 4 is 0 Å². The zero-order valence-corrected chi connectivity index (χ0v) is 4.99. The normalized spacial score (nSPS) is 14.1. The van der Waals surface area contributed by atoms with Crippen LogP contribution in [-0.4, -0.2) is 20.3 Å². The van der Waals surface area contributed by atoms with Gasteiger partial charge in [-0.3, -0.25) is 0 Å². The lowest BCUT2D eigenvalue weighted by atomic mass is 10.6. The van der Waals surface area contributed by atoms with Gasteiger partial charge in [0.05, 0.1) is 13.3 Å². The van der Waals surface area contributed by atoms with E-state index in [2.05, 4.69) is 15.6 Å². The number of nitrogens with one attached hydrogen (secondary N) is 2. The second-order valence-corrected chi connectivity index (χ2v) is 1.33. The first-order valence-corrected chi connectivity index (χ1v) is 2.27. The van der Waals surface area contributed by atoms with Crippen LogP contribution in [0.15, 0.2) is 0 Å². The minimum absolute atomic E-state index is 0.227. The Morgan fingerprint density at radius 3 is 2.29 bits per heavy atom. The van der Waals surface area contributed by atoms with Crippen LogP contribution >= 0.6 is 0 Å². The summed E-state index contributed by atoms with van der Waals surface area (Å²) in [6.07, 6.45) is 0.227. The summed E-state index contributed by atoms with van der Waals surface area (Å²) in [7, 11) is 3.45. The lowest BCUT2D eigenvalue weighted by Gasteiger charge is -2.08. The van der Waals surface area contributed by atoms with E-state index in [9.17, 15) is 0 Å². The number of rotatable bonds is 3. The summed E-state index contributed by atoms with van der Waals surface area (Å²) < 4.78 is 0. The van der Waals surface area contributed by atoms with Crippen molar-refractivity contribution in [3.05, 3.63) is 0 Å². The maximum absolute atomic E-state index is 4.58. The van der Waals surface area contributed by atoms with Crippen LogP contribution in [0.2, 0.25) is 0 Å². The molecule has 0 amide bonds. The molecule has 3 nitrogen and oxygen atoms in total. The zero-order chi connectivity index (χ0) is 5.70. The zero-order valence-electron chi connectivity index (χ0n) is 4.99. The van der Waals surface area contributed by atoms with Crippen molar-refractivity contribution in [3.8, 4) is 0 Å². The van der Waals surface area contributed by atoms with Crippen molar-refractivity contribution in [2.24, 2.45) is 0 Å². The van der Waals surface area contributed by atoms with Crippen molar-refractivity contribution in [2.45, 2.75) is 13.1 Å². The molecule has 1 atom stereocenters. The minimum atomic E-state index is 0.227. The van der Waals surface area contributed by atoms with E-state index in [1.165, 1.54) is 0 Å². The summed E-state index contributed by atoms with van der Waals surface area (Å²) in [4.78, 5) is 4.58. The summed E-state index contributed by atoms with van der Waals surface area (Å²) in [6.45, 7) is 1.96. The van der Waals surface area contributed by atoms with Crippen LogP contribution in [0.5, 0.6) is 0 Å². The predicted octanol–water partition coefficient (Wildman–Crippen LogP) is -0.297. The molecule has 44 valence electrons. The van der Waals surface area contributed by atoms with Gasteiger partial charge in [-0.2, -0.15) is 5.48 Å². The fraction of sp³-hybridized carbons (Fsp3) is 1.00. The van der Waals surface area contributed by atoms with E-state index in [0.29, 0.717) is 0 Å². The molecule has 0 aromatic carbocycles. The number of hydroxylamine groups is 1. The predicted molar refractivity (Wildman–Crippen MR) is 28.7 cm³/mol. The molecule has 0 aliphatic heterocycles. The first kappa shape index (κ1) is 6.88. The maximum Gasteiger partial charge on any atom is 0.0781 e. The van der Waals surface area contributed by atoms with Crippen molar-refractivity contribution in [2.75, 3.05) is 14.2 Å². The Hall–Kier alpha value is -0.120. The third kappa shape index (κ3) is 3.72. The SMILES string of the molecule is CNC(C)NOC. The molecule has 0 saturated carbocycles. The second kappa shape index (κ2) is 4.05. The molecule has 0 aromatic heterocycles. The van der Waals surface area contributed by atoms with E-state index >= 15 is 0 Å². The summed E-state index contributed by atoms with van der Waals surface area (Å²) in [5.74, 6) is 0. The third-order valence-corrected chi connectivity index (χ3v) is 0.728. The first-order valence-electron chi connectivity index (χ1n) is 2.27. The fourth-order valence-corrected chi connectivity index (χ4v) is 0.236.